The highest BCUT2D eigenvalue weighted by Gasteiger charge is 2.18. The van der Waals surface area contributed by atoms with E-state index in [1.807, 2.05) is 0 Å². The van der Waals surface area contributed by atoms with Gasteiger partial charge in [0, 0.05) is 17.9 Å². The molecular weight excluding hydrogens is 396 g/mol. The molecule has 4 rings (SSSR count). The standard InChI is InChI=1S/C19H20N4O5S/c24-18(20-14-2-1-9-28-11-14)12-3-5-13(6-4-12)23-29(26,27)15-7-8-16-17(10-15)22-19(25)21-16/h3-8,10,14,23H,1-2,9,11H2,(H,20,24)(H2,21,22,25). The van der Waals surface area contributed by atoms with Crippen molar-refractivity contribution in [3.8, 4) is 0 Å². The highest BCUT2D eigenvalue weighted by molar-refractivity contribution is 7.92. The van der Waals surface area contributed by atoms with Crippen LogP contribution in [0.1, 0.15) is 23.2 Å². The average Bonchev–Trinajstić information content (AvgIpc) is 3.08. The van der Waals surface area contributed by atoms with Gasteiger partial charge in [-0.05, 0) is 55.3 Å². The number of H-pyrrole nitrogens is 2. The molecular formula is C19H20N4O5S. The molecule has 0 aliphatic carbocycles. The Bertz CT molecular complexity index is 1190. The fourth-order valence-corrected chi connectivity index (χ4v) is 4.29. The van der Waals surface area contributed by atoms with Crippen molar-refractivity contribution in [3.63, 3.8) is 0 Å². The van der Waals surface area contributed by atoms with Gasteiger partial charge in [0.1, 0.15) is 0 Å². The molecule has 1 amide bonds. The van der Waals surface area contributed by atoms with Gasteiger partial charge < -0.3 is 20.0 Å². The van der Waals surface area contributed by atoms with Gasteiger partial charge in [0.25, 0.3) is 15.9 Å². The first kappa shape index (κ1) is 19.2. The Balaban J connectivity index is 1.46. The lowest BCUT2D eigenvalue weighted by molar-refractivity contribution is 0.0624. The fraction of sp³-hybridized carbons (Fsp3) is 0.263. The highest BCUT2D eigenvalue weighted by atomic mass is 32.2. The van der Waals surface area contributed by atoms with Crippen LogP contribution in [-0.4, -0.2) is 43.5 Å². The zero-order valence-electron chi connectivity index (χ0n) is 15.4. The molecule has 1 atom stereocenters. The molecule has 1 fully saturated rings. The van der Waals surface area contributed by atoms with E-state index in [1.165, 1.54) is 30.3 Å². The Labute approximate surface area is 166 Å². The highest BCUT2D eigenvalue weighted by Crippen LogP contribution is 2.19. The lowest BCUT2D eigenvalue weighted by Crippen LogP contribution is -2.40. The SMILES string of the molecule is O=C(NC1CCCOC1)c1ccc(NS(=O)(=O)c2ccc3[nH]c(=O)[nH]c3c2)cc1. The van der Waals surface area contributed by atoms with E-state index in [0.717, 1.165) is 12.8 Å². The number of ether oxygens (including phenoxy) is 1. The normalized spacial score (nSPS) is 17.2. The van der Waals surface area contributed by atoms with Crippen LogP contribution in [0.3, 0.4) is 0 Å². The van der Waals surface area contributed by atoms with Crippen LogP contribution < -0.4 is 15.7 Å². The Morgan fingerprint density at radius 1 is 1.07 bits per heavy atom. The molecule has 0 spiro atoms. The van der Waals surface area contributed by atoms with Crippen LogP contribution in [0, 0.1) is 0 Å². The van der Waals surface area contributed by atoms with Crippen molar-refractivity contribution < 1.29 is 17.9 Å². The molecule has 4 N–H and O–H groups in total. The minimum atomic E-state index is -3.85. The first-order chi connectivity index (χ1) is 13.9. The molecule has 10 heteroatoms. The van der Waals surface area contributed by atoms with Gasteiger partial charge in [0.2, 0.25) is 0 Å². The molecule has 1 aliphatic heterocycles. The van der Waals surface area contributed by atoms with Crippen molar-refractivity contribution in [2.45, 2.75) is 23.8 Å². The zero-order chi connectivity index (χ0) is 20.4. The molecule has 1 aromatic heterocycles. The maximum atomic E-state index is 12.6. The maximum absolute atomic E-state index is 12.6. The molecule has 152 valence electrons. The number of hydrogen-bond acceptors (Lipinski definition) is 5. The van der Waals surface area contributed by atoms with E-state index in [9.17, 15) is 18.0 Å². The maximum Gasteiger partial charge on any atom is 0.323 e. The van der Waals surface area contributed by atoms with Gasteiger partial charge in [-0.2, -0.15) is 0 Å². The second kappa shape index (κ2) is 7.72. The van der Waals surface area contributed by atoms with E-state index in [1.54, 1.807) is 12.1 Å². The molecule has 29 heavy (non-hydrogen) atoms. The molecule has 2 heterocycles. The Kier molecular flexibility index (Phi) is 5.12. The predicted molar refractivity (Wildman–Crippen MR) is 107 cm³/mol. The number of carbonyl (C=O) groups is 1. The fourth-order valence-electron chi connectivity index (χ4n) is 3.21. The molecule has 1 unspecified atom stereocenters. The van der Waals surface area contributed by atoms with Crippen LogP contribution in [0.5, 0.6) is 0 Å². The first-order valence-electron chi connectivity index (χ1n) is 9.14. The second-order valence-electron chi connectivity index (χ2n) is 6.86. The van der Waals surface area contributed by atoms with Crippen molar-refractivity contribution in [1.29, 1.82) is 0 Å². The number of aromatic amines is 2. The van der Waals surface area contributed by atoms with Crippen LogP contribution in [0.4, 0.5) is 5.69 Å². The molecule has 1 aliphatic rings. The monoisotopic (exact) mass is 416 g/mol. The second-order valence-corrected chi connectivity index (χ2v) is 8.54. The summed E-state index contributed by atoms with van der Waals surface area (Å²) < 4.78 is 33.1. The molecule has 0 radical (unpaired) electrons. The largest absolute Gasteiger partial charge is 0.379 e. The number of anilines is 1. The number of fused-ring (bicyclic) bond motifs is 1. The average molecular weight is 416 g/mol. The van der Waals surface area contributed by atoms with E-state index in [4.69, 9.17) is 4.74 Å². The molecule has 1 saturated heterocycles. The Morgan fingerprint density at radius 2 is 1.83 bits per heavy atom. The van der Waals surface area contributed by atoms with Crippen LogP contribution in [0.15, 0.2) is 52.2 Å². The number of nitrogens with one attached hydrogen (secondary N) is 4. The summed E-state index contributed by atoms with van der Waals surface area (Å²) in [6, 6.07) is 10.5. The summed E-state index contributed by atoms with van der Waals surface area (Å²) in [5.74, 6) is -0.225. The van der Waals surface area contributed by atoms with Crippen LogP contribution >= 0.6 is 0 Å². The molecule has 0 bridgehead atoms. The summed E-state index contributed by atoms with van der Waals surface area (Å²) in [4.78, 5) is 28.8. The van der Waals surface area contributed by atoms with Crippen molar-refractivity contribution >= 4 is 32.7 Å². The molecule has 0 saturated carbocycles. The van der Waals surface area contributed by atoms with E-state index >= 15 is 0 Å². The number of hydrogen-bond donors (Lipinski definition) is 4. The lowest BCUT2D eigenvalue weighted by atomic mass is 10.1. The van der Waals surface area contributed by atoms with Crippen molar-refractivity contribution in [2.24, 2.45) is 0 Å². The Morgan fingerprint density at radius 3 is 2.55 bits per heavy atom. The van der Waals surface area contributed by atoms with Gasteiger partial charge in [-0.3, -0.25) is 9.52 Å². The first-order valence-corrected chi connectivity index (χ1v) is 10.6. The summed E-state index contributed by atoms with van der Waals surface area (Å²) in [6.07, 6.45) is 1.79. The third kappa shape index (κ3) is 4.33. The number of amides is 1. The molecule has 2 aromatic carbocycles. The van der Waals surface area contributed by atoms with Crippen LogP contribution in [0.2, 0.25) is 0 Å². The minimum Gasteiger partial charge on any atom is -0.379 e. The zero-order valence-corrected chi connectivity index (χ0v) is 16.2. The topological polar surface area (TPSA) is 133 Å². The number of benzene rings is 2. The van der Waals surface area contributed by atoms with Gasteiger partial charge in [-0.25, -0.2) is 13.2 Å². The van der Waals surface area contributed by atoms with Crippen LogP contribution in [-0.2, 0) is 14.8 Å². The summed E-state index contributed by atoms with van der Waals surface area (Å²) >= 11 is 0. The van der Waals surface area contributed by atoms with E-state index in [0.29, 0.717) is 35.5 Å². The van der Waals surface area contributed by atoms with Crippen molar-refractivity contribution in [1.82, 2.24) is 15.3 Å². The third-order valence-electron chi connectivity index (χ3n) is 4.69. The van der Waals surface area contributed by atoms with E-state index < -0.39 is 15.7 Å². The number of imidazole rings is 1. The number of sulfonamides is 1. The smallest absolute Gasteiger partial charge is 0.323 e. The Hall–Kier alpha value is -3.11. The molecule has 9 nitrogen and oxygen atoms in total. The summed E-state index contributed by atoms with van der Waals surface area (Å²) in [6.45, 7) is 1.22. The predicted octanol–water partition coefficient (Wildman–Crippen LogP) is 1.57. The minimum absolute atomic E-state index is 0.00998. The quantitative estimate of drug-likeness (QED) is 0.501. The third-order valence-corrected chi connectivity index (χ3v) is 6.07. The summed E-state index contributed by atoms with van der Waals surface area (Å²) in [7, 11) is -3.85. The van der Waals surface area contributed by atoms with Crippen molar-refractivity contribution in [2.75, 3.05) is 17.9 Å². The van der Waals surface area contributed by atoms with Gasteiger partial charge in [-0.15, -0.1) is 0 Å². The van der Waals surface area contributed by atoms with Crippen molar-refractivity contribution in [3.05, 3.63) is 58.5 Å². The lowest BCUT2D eigenvalue weighted by Gasteiger charge is -2.23. The molecule has 3 aromatic rings. The van der Waals surface area contributed by atoms with E-state index in [2.05, 4.69) is 20.0 Å². The number of carbonyl (C=O) groups excluding carboxylic acids is 1. The van der Waals surface area contributed by atoms with Gasteiger partial charge >= 0.3 is 5.69 Å². The van der Waals surface area contributed by atoms with Crippen LogP contribution in [0.25, 0.3) is 11.0 Å². The van der Waals surface area contributed by atoms with Gasteiger partial charge in [0.15, 0.2) is 0 Å². The summed E-state index contributed by atoms with van der Waals surface area (Å²) in [5.41, 5.74) is 1.27. The number of rotatable bonds is 5. The van der Waals surface area contributed by atoms with Gasteiger partial charge in [-0.1, -0.05) is 0 Å². The summed E-state index contributed by atoms with van der Waals surface area (Å²) in [5, 5.41) is 2.91. The van der Waals surface area contributed by atoms with Gasteiger partial charge in [0.05, 0.1) is 28.6 Å². The van der Waals surface area contributed by atoms with E-state index in [-0.39, 0.29) is 16.8 Å². The number of aromatic nitrogens is 2.